The summed E-state index contributed by atoms with van der Waals surface area (Å²) in [4.78, 5) is 15.3. The quantitative estimate of drug-likeness (QED) is 0.382. The average Bonchev–Trinajstić information content (AvgIpc) is 3.55. The Bertz CT molecular complexity index is 1390. The van der Waals surface area contributed by atoms with Gasteiger partial charge in [-0.25, -0.2) is 0 Å². The molecule has 1 aromatic heterocycles. The number of aromatic nitrogens is 3. The second kappa shape index (κ2) is 9.11. The molecule has 0 aliphatic carbocycles. The Morgan fingerprint density at radius 3 is 2.57 bits per heavy atom. The first-order valence-electron chi connectivity index (χ1n) is 11.6. The van der Waals surface area contributed by atoms with Crippen LogP contribution in [0.15, 0.2) is 78.0 Å². The number of carbonyl (C=O) groups excluding carboxylic acids is 1. The number of thioether (sulfide) groups is 1. The number of benzene rings is 3. The van der Waals surface area contributed by atoms with Gasteiger partial charge in [-0.15, -0.1) is 10.2 Å². The summed E-state index contributed by atoms with van der Waals surface area (Å²) < 4.78 is 13.0. The maximum absolute atomic E-state index is 13.4. The summed E-state index contributed by atoms with van der Waals surface area (Å²) in [6.07, 6.45) is 0.883. The van der Waals surface area contributed by atoms with Gasteiger partial charge in [-0.3, -0.25) is 9.36 Å². The zero-order chi connectivity index (χ0) is 23.8. The fourth-order valence-electron chi connectivity index (χ4n) is 4.53. The minimum Gasteiger partial charge on any atom is -0.454 e. The van der Waals surface area contributed by atoms with Gasteiger partial charge in [0.1, 0.15) is 0 Å². The van der Waals surface area contributed by atoms with E-state index in [0.29, 0.717) is 23.3 Å². The lowest BCUT2D eigenvalue weighted by atomic mass is 10.00. The fourth-order valence-corrected chi connectivity index (χ4v) is 5.48. The Morgan fingerprint density at radius 2 is 1.71 bits per heavy atom. The molecule has 0 spiro atoms. The lowest BCUT2D eigenvalue weighted by Crippen LogP contribution is -2.40. The van der Waals surface area contributed by atoms with Gasteiger partial charge in [-0.1, -0.05) is 54.2 Å². The van der Waals surface area contributed by atoms with Crippen molar-refractivity contribution in [1.82, 2.24) is 19.7 Å². The number of para-hydroxylation sites is 1. The zero-order valence-corrected chi connectivity index (χ0v) is 20.1. The maximum Gasteiger partial charge on any atom is 0.236 e. The van der Waals surface area contributed by atoms with Gasteiger partial charge in [-0.05, 0) is 54.8 Å². The van der Waals surface area contributed by atoms with Crippen molar-refractivity contribution >= 4 is 17.7 Å². The lowest BCUT2D eigenvalue weighted by Gasteiger charge is -2.30. The standard InChI is InChI=1S/C27H24N4O3S/c1-18(26(32)30-14-13-19-7-5-6-8-21(19)16-30)35-27-29-28-25(31(27)22-9-3-2-4-10-22)20-11-12-23-24(15-20)34-17-33-23/h2-12,15,18H,13-14,16-17H2,1H3. The number of ether oxygens (including phenoxy) is 2. The van der Waals surface area contributed by atoms with Crippen molar-refractivity contribution in [2.45, 2.75) is 30.3 Å². The van der Waals surface area contributed by atoms with Gasteiger partial charge in [0, 0.05) is 24.3 Å². The van der Waals surface area contributed by atoms with Crippen LogP contribution in [0.25, 0.3) is 17.1 Å². The molecule has 0 radical (unpaired) electrons. The summed E-state index contributed by atoms with van der Waals surface area (Å²) >= 11 is 1.43. The molecule has 8 heteroatoms. The van der Waals surface area contributed by atoms with E-state index in [4.69, 9.17) is 9.47 Å². The van der Waals surface area contributed by atoms with E-state index in [2.05, 4.69) is 28.4 Å². The molecule has 35 heavy (non-hydrogen) atoms. The summed E-state index contributed by atoms with van der Waals surface area (Å²) in [6, 6.07) is 24.1. The van der Waals surface area contributed by atoms with Crippen LogP contribution in [0.1, 0.15) is 18.1 Å². The van der Waals surface area contributed by atoms with Gasteiger partial charge < -0.3 is 14.4 Å². The van der Waals surface area contributed by atoms with Gasteiger partial charge in [0.25, 0.3) is 0 Å². The van der Waals surface area contributed by atoms with Crippen molar-refractivity contribution in [3.8, 4) is 28.6 Å². The maximum atomic E-state index is 13.4. The topological polar surface area (TPSA) is 69.5 Å². The molecule has 1 amide bonds. The van der Waals surface area contributed by atoms with Crippen LogP contribution >= 0.6 is 11.8 Å². The molecule has 0 N–H and O–H groups in total. The highest BCUT2D eigenvalue weighted by molar-refractivity contribution is 8.00. The predicted molar refractivity (Wildman–Crippen MR) is 134 cm³/mol. The Labute approximate surface area is 207 Å². The van der Waals surface area contributed by atoms with Crippen LogP contribution in [-0.4, -0.2) is 44.2 Å². The molecule has 4 aromatic rings. The third-order valence-corrected chi connectivity index (χ3v) is 7.38. The van der Waals surface area contributed by atoms with Crippen LogP contribution in [0.3, 0.4) is 0 Å². The smallest absolute Gasteiger partial charge is 0.236 e. The average molecular weight is 485 g/mol. The zero-order valence-electron chi connectivity index (χ0n) is 19.3. The Morgan fingerprint density at radius 1 is 0.943 bits per heavy atom. The molecule has 2 aliphatic rings. The van der Waals surface area contributed by atoms with Crippen molar-refractivity contribution in [1.29, 1.82) is 0 Å². The molecule has 0 saturated heterocycles. The first-order valence-corrected chi connectivity index (χ1v) is 12.5. The molecule has 3 aromatic carbocycles. The molecule has 2 aliphatic heterocycles. The van der Waals surface area contributed by atoms with Gasteiger partial charge >= 0.3 is 0 Å². The summed E-state index contributed by atoms with van der Waals surface area (Å²) in [5.74, 6) is 2.20. The molecular formula is C27H24N4O3S. The summed E-state index contributed by atoms with van der Waals surface area (Å²) in [5, 5.41) is 9.37. The van der Waals surface area contributed by atoms with E-state index in [-0.39, 0.29) is 18.0 Å². The molecule has 0 bridgehead atoms. The number of nitrogens with zero attached hydrogens (tertiary/aromatic N) is 4. The van der Waals surface area contributed by atoms with Crippen molar-refractivity contribution in [3.05, 3.63) is 83.9 Å². The van der Waals surface area contributed by atoms with Crippen LogP contribution in [0, 0.1) is 0 Å². The second-order valence-corrected chi connectivity index (χ2v) is 9.89. The Hall–Kier alpha value is -3.78. The fraction of sp³-hybridized carbons (Fsp3) is 0.222. The summed E-state index contributed by atoms with van der Waals surface area (Å²) in [6.45, 7) is 3.53. The van der Waals surface area contributed by atoms with Gasteiger partial charge in [-0.2, -0.15) is 0 Å². The Balaban J connectivity index is 1.29. The third kappa shape index (κ3) is 4.14. The van der Waals surface area contributed by atoms with E-state index in [1.165, 1.54) is 22.9 Å². The minimum atomic E-state index is -0.309. The lowest BCUT2D eigenvalue weighted by molar-refractivity contribution is -0.131. The van der Waals surface area contributed by atoms with E-state index >= 15 is 0 Å². The highest BCUT2D eigenvalue weighted by Gasteiger charge is 2.28. The Kier molecular flexibility index (Phi) is 5.66. The number of amides is 1. The van der Waals surface area contributed by atoms with Crippen LogP contribution in [0.5, 0.6) is 11.5 Å². The van der Waals surface area contributed by atoms with Gasteiger partial charge in [0.15, 0.2) is 22.5 Å². The third-order valence-electron chi connectivity index (χ3n) is 6.35. The van der Waals surface area contributed by atoms with Crippen molar-refractivity contribution in [2.24, 2.45) is 0 Å². The molecule has 0 saturated carbocycles. The highest BCUT2D eigenvalue weighted by atomic mass is 32.2. The van der Waals surface area contributed by atoms with Crippen molar-refractivity contribution in [2.75, 3.05) is 13.3 Å². The number of rotatable bonds is 5. The molecule has 6 rings (SSSR count). The van der Waals surface area contributed by atoms with E-state index in [1.807, 2.05) is 71.0 Å². The van der Waals surface area contributed by atoms with Gasteiger partial charge in [0.2, 0.25) is 12.7 Å². The molecule has 176 valence electrons. The second-order valence-electron chi connectivity index (χ2n) is 8.58. The molecule has 0 fully saturated rings. The van der Waals surface area contributed by atoms with E-state index in [9.17, 15) is 4.79 Å². The first kappa shape index (κ1) is 21.7. The van der Waals surface area contributed by atoms with E-state index < -0.39 is 0 Å². The van der Waals surface area contributed by atoms with Crippen LogP contribution < -0.4 is 9.47 Å². The van der Waals surface area contributed by atoms with Crippen molar-refractivity contribution in [3.63, 3.8) is 0 Å². The number of fused-ring (bicyclic) bond motifs is 2. The van der Waals surface area contributed by atoms with Crippen LogP contribution in [0.2, 0.25) is 0 Å². The van der Waals surface area contributed by atoms with Gasteiger partial charge in [0.05, 0.1) is 5.25 Å². The predicted octanol–water partition coefficient (Wildman–Crippen LogP) is 4.73. The molecular weight excluding hydrogens is 460 g/mol. The normalized spacial score (nSPS) is 15.1. The number of hydrogen-bond donors (Lipinski definition) is 0. The van der Waals surface area contributed by atoms with Crippen LogP contribution in [-0.2, 0) is 17.8 Å². The molecule has 1 unspecified atom stereocenters. The molecule has 1 atom stereocenters. The number of carbonyl (C=O) groups is 1. The summed E-state index contributed by atoms with van der Waals surface area (Å²) in [7, 11) is 0. The highest BCUT2D eigenvalue weighted by Crippen LogP contribution is 2.37. The van der Waals surface area contributed by atoms with E-state index in [0.717, 1.165) is 30.0 Å². The minimum absolute atomic E-state index is 0.108. The molecule has 3 heterocycles. The number of hydrogen-bond acceptors (Lipinski definition) is 6. The largest absolute Gasteiger partial charge is 0.454 e. The van der Waals surface area contributed by atoms with Crippen LogP contribution in [0.4, 0.5) is 0 Å². The van der Waals surface area contributed by atoms with Crippen molar-refractivity contribution < 1.29 is 14.3 Å². The summed E-state index contributed by atoms with van der Waals surface area (Å²) in [5.41, 5.74) is 4.35. The van der Waals surface area contributed by atoms with E-state index in [1.54, 1.807) is 0 Å². The molecule has 7 nitrogen and oxygen atoms in total. The monoisotopic (exact) mass is 484 g/mol. The SMILES string of the molecule is CC(Sc1nnc(-c2ccc3c(c2)OCO3)n1-c1ccccc1)C(=O)N1CCc2ccccc2C1. The first-order chi connectivity index (χ1) is 17.2.